The van der Waals surface area contributed by atoms with Crippen molar-refractivity contribution in [2.24, 2.45) is 11.3 Å². The van der Waals surface area contributed by atoms with Crippen molar-refractivity contribution >= 4 is 6.09 Å². The van der Waals surface area contributed by atoms with E-state index in [1.165, 1.54) is 12.8 Å². The molecule has 1 amide bonds. The Morgan fingerprint density at radius 1 is 1.35 bits per heavy atom. The third-order valence-corrected chi connectivity index (χ3v) is 3.20. The van der Waals surface area contributed by atoms with Gasteiger partial charge in [-0.2, -0.15) is 0 Å². The van der Waals surface area contributed by atoms with Crippen LogP contribution in [0.5, 0.6) is 0 Å². The molecule has 0 spiro atoms. The normalized spacial score (nSPS) is 13.2. The van der Waals surface area contributed by atoms with Crippen molar-refractivity contribution in [3.05, 3.63) is 0 Å². The maximum absolute atomic E-state index is 11.2. The van der Waals surface area contributed by atoms with E-state index in [2.05, 4.69) is 33.0 Å². The summed E-state index contributed by atoms with van der Waals surface area (Å²) in [6.07, 6.45) is 4.01. The van der Waals surface area contributed by atoms with E-state index in [0.29, 0.717) is 24.5 Å². The fourth-order valence-corrected chi connectivity index (χ4v) is 1.86. The SMILES string of the molecule is CCCOC(=O)NCCC(C)CC(C)(C)CC. The summed E-state index contributed by atoms with van der Waals surface area (Å²) >= 11 is 0. The van der Waals surface area contributed by atoms with Gasteiger partial charge >= 0.3 is 6.09 Å². The molecule has 0 saturated heterocycles. The molecular weight excluding hydrogens is 214 g/mol. The Morgan fingerprint density at radius 3 is 2.53 bits per heavy atom. The molecule has 0 aromatic heterocycles. The Labute approximate surface area is 106 Å². The Hall–Kier alpha value is -0.730. The van der Waals surface area contributed by atoms with Crippen LogP contribution in [0.15, 0.2) is 0 Å². The Bertz CT molecular complexity index is 214. The van der Waals surface area contributed by atoms with E-state index in [-0.39, 0.29) is 6.09 Å². The van der Waals surface area contributed by atoms with Crippen LogP contribution < -0.4 is 5.32 Å². The molecule has 0 radical (unpaired) electrons. The van der Waals surface area contributed by atoms with Gasteiger partial charge in [-0.3, -0.25) is 0 Å². The minimum absolute atomic E-state index is 0.284. The summed E-state index contributed by atoms with van der Waals surface area (Å²) in [4.78, 5) is 11.2. The predicted molar refractivity (Wildman–Crippen MR) is 72.1 cm³/mol. The number of alkyl carbamates (subject to hydrolysis) is 1. The predicted octanol–water partition coefficient (Wildman–Crippen LogP) is 3.98. The summed E-state index contributed by atoms with van der Waals surface area (Å²) in [7, 11) is 0. The quantitative estimate of drug-likeness (QED) is 0.700. The monoisotopic (exact) mass is 243 g/mol. The lowest BCUT2D eigenvalue weighted by Gasteiger charge is -2.26. The molecule has 0 bridgehead atoms. The molecule has 0 rings (SSSR count). The van der Waals surface area contributed by atoms with E-state index in [1.54, 1.807) is 0 Å². The zero-order chi connectivity index (χ0) is 13.3. The van der Waals surface area contributed by atoms with E-state index in [4.69, 9.17) is 4.74 Å². The summed E-state index contributed by atoms with van der Waals surface area (Å²) in [5, 5.41) is 2.79. The molecule has 0 aliphatic carbocycles. The zero-order valence-corrected chi connectivity index (χ0v) is 12.1. The maximum Gasteiger partial charge on any atom is 0.407 e. The first kappa shape index (κ1) is 16.3. The van der Waals surface area contributed by atoms with E-state index in [0.717, 1.165) is 12.8 Å². The molecule has 0 aliphatic heterocycles. The van der Waals surface area contributed by atoms with E-state index in [1.807, 2.05) is 6.92 Å². The summed E-state index contributed by atoms with van der Waals surface area (Å²) in [5.74, 6) is 0.636. The third kappa shape index (κ3) is 9.02. The van der Waals surface area contributed by atoms with Crippen LogP contribution in [0.3, 0.4) is 0 Å². The average molecular weight is 243 g/mol. The molecule has 0 heterocycles. The second-order valence-electron chi connectivity index (χ2n) is 5.68. The van der Waals surface area contributed by atoms with Crippen molar-refractivity contribution in [3.63, 3.8) is 0 Å². The topological polar surface area (TPSA) is 38.3 Å². The van der Waals surface area contributed by atoms with Crippen LogP contribution in [-0.4, -0.2) is 19.2 Å². The molecule has 17 heavy (non-hydrogen) atoms. The number of hydrogen-bond donors (Lipinski definition) is 1. The molecule has 1 N–H and O–H groups in total. The van der Waals surface area contributed by atoms with Gasteiger partial charge in [-0.05, 0) is 30.6 Å². The molecular formula is C14H29NO2. The zero-order valence-electron chi connectivity index (χ0n) is 12.1. The van der Waals surface area contributed by atoms with Crippen LogP contribution in [0.2, 0.25) is 0 Å². The number of carbonyl (C=O) groups is 1. The van der Waals surface area contributed by atoms with Gasteiger partial charge in [-0.1, -0.05) is 41.0 Å². The highest BCUT2D eigenvalue weighted by atomic mass is 16.5. The number of ether oxygens (including phenoxy) is 1. The molecule has 3 heteroatoms. The highest BCUT2D eigenvalue weighted by Crippen LogP contribution is 2.29. The van der Waals surface area contributed by atoms with Gasteiger partial charge in [-0.25, -0.2) is 4.79 Å². The van der Waals surface area contributed by atoms with Crippen molar-refractivity contribution in [2.75, 3.05) is 13.2 Å². The molecule has 102 valence electrons. The van der Waals surface area contributed by atoms with Crippen LogP contribution in [0.25, 0.3) is 0 Å². The third-order valence-electron chi connectivity index (χ3n) is 3.20. The van der Waals surface area contributed by atoms with Gasteiger partial charge in [0.2, 0.25) is 0 Å². The summed E-state index contributed by atoms with van der Waals surface area (Å²) in [5.41, 5.74) is 0.405. The van der Waals surface area contributed by atoms with Crippen molar-refractivity contribution in [1.29, 1.82) is 0 Å². The molecule has 1 unspecified atom stereocenters. The van der Waals surface area contributed by atoms with Crippen molar-refractivity contribution < 1.29 is 9.53 Å². The first-order chi connectivity index (χ1) is 7.91. The van der Waals surface area contributed by atoms with Gasteiger partial charge in [0.05, 0.1) is 6.61 Å². The standard InChI is InChI=1S/C14H29NO2/c1-6-10-17-13(16)15-9-8-12(3)11-14(4,5)7-2/h12H,6-11H2,1-5H3,(H,15,16). The smallest absolute Gasteiger partial charge is 0.407 e. The molecule has 0 aliphatic rings. The number of amides is 1. The average Bonchev–Trinajstić information content (AvgIpc) is 2.25. The minimum Gasteiger partial charge on any atom is -0.450 e. The van der Waals surface area contributed by atoms with Crippen LogP contribution in [0.4, 0.5) is 4.79 Å². The molecule has 0 saturated carbocycles. The van der Waals surface area contributed by atoms with Gasteiger partial charge in [0.15, 0.2) is 0 Å². The first-order valence-corrected chi connectivity index (χ1v) is 6.82. The van der Waals surface area contributed by atoms with Gasteiger partial charge < -0.3 is 10.1 Å². The lowest BCUT2D eigenvalue weighted by Crippen LogP contribution is -2.27. The largest absolute Gasteiger partial charge is 0.450 e. The summed E-state index contributed by atoms with van der Waals surface area (Å²) in [6, 6.07) is 0. The number of nitrogens with one attached hydrogen (secondary N) is 1. The van der Waals surface area contributed by atoms with Crippen LogP contribution in [0, 0.1) is 11.3 Å². The molecule has 0 aromatic rings. The van der Waals surface area contributed by atoms with Crippen molar-refractivity contribution in [1.82, 2.24) is 5.32 Å². The number of carbonyl (C=O) groups excluding carboxylic acids is 1. The Kier molecular flexibility index (Phi) is 8.01. The first-order valence-electron chi connectivity index (χ1n) is 6.82. The molecule has 1 atom stereocenters. The Balaban J connectivity index is 3.64. The lowest BCUT2D eigenvalue weighted by atomic mass is 9.80. The second-order valence-corrected chi connectivity index (χ2v) is 5.68. The highest BCUT2D eigenvalue weighted by Gasteiger charge is 2.18. The van der Waals surface area contributed by atoms with E-state index >= 15 is 0 Å². The van der Waals surface area contributed by atoms with Crippen LogP contribution in [-0.2, 0) is 4.74 Å². The number of hydrogen-bond acceptors (Lipinski definition) is 2. The molecule has 0 aromatic carbocycles. The van der Waals surface area contributed by atoms with Crippen molar-refractivity contribution in [3.8, 4) is 0 Å². The fourth-order valence-electron chi connectivity index (χ4n) is 1.86. The van der Waals surface area contributed by atoms with Gasteiger partial charge in [0.25, 0.3) is 0 Å². The van der Waals surface area contributed by atoms with Crippen molar-refractivity contribution in [2.45, 2.75) is 60.3 Å². The van der Waals surface area contributed by atoms with E-state index < -0.39 is 0 Å². The number of rotatable bonds is 8. The van der Waals surface area contributed by atoms with Gasteiger partial charge in [0, 0.05) is 6.54 Å². The fraction of sp³-hybridized carbons (Fsp3) is 0.929. The summed E-state index contributed by atoms with van der Waals surface area (Å²) < 4.78 is 4.95. The lowest BCUT2D eigenvalue weighted by molar-refractivity contribution is 0.145. The van der Waals surface area contributed by atoms with Gasteiger partial charge in [-0.15, -0.1) is 0 Å². The molecule has 3 nitrogen and oxygen atoms in total. The second kappa shape index (κ2) is 8.37. The van der Waals surface area contributed by atoms with Crippen LogP contribution in [0.1, 0.15) is 60.3 Å². The van der Waals surface area contributed by atoms with Crippen LogP contribution >= 0.6 is 0 Å². The maximum atomic E-state index is 11.2. The summed E-state index contributed by atoms with van der Waals surface area (Å²) in [6.45, 7) is 12.3. The Morgan fingerprint density at radius 2 is 2.00 bits per heavy atom. The van der Waals surface area contributed by atoms with E-state index in [9.17, 15) is 4.79 Å². The highest BCUT2D eigenvalue weighted by molar-refractivity contribution is 5.66. The minimum atomic E-state index is -0.284. The van der Waals surface area contributed by atoms with Gasteiger partial charge in [0.1, 0.15) is 0 Å². The molecule has 0 fully saturated rings.